The SMILES string of the molecule is C#CCC(O)C(c1ccc(Cl)cc1)S(=O)(=O)c1ccccc1.C#CCC(O)C(c1ccc([N+](=O)[O-])cc1)S(=O)(=O)c1ccccc1. The van der Waals surface area contributed by atoms with E-state index in [9.17, 15) is 37.2 Å². The number of non-ortho nitro benzene ring substituents is 1. The molecule has 0 amide bonds. The van der Waals surface area contributed by atoms with Crippen molar-refractivity contribution >= 4 is 37.0 Å². The van der Waals surface area contributed by atoms with E-state index in [-0.39, 0.29) is 33.9 Å². The molecule has 4 aromatic rings. The minimum Gasteiger partial charge on any atom is -0.390 e. The van der Waals surface area contributed by atoms with Crippen molar-refractivity contribution in [3.63, 3.8) is 0 Å². The Hall–Kier alpha value is -4.49. The zero-order valence-corrected chi connectivity index (χ0v) is 26.6. The molecule has 2 N–H and O–H groups in total. The monoisotopic (exact) mass is 679 g/mol. The summed E-state index contributed by atoms with van der Waals surface area (Å²) in [5, 5.41) is 29.4. The highest BCUT2D eigenvalue weighted by atomic mass is 35.5. The van der Waals surface area contributed by atoms with Crippen LogP contribution in [0.5, 0.6) is 0 Å². The van der Waals surface area contributed by atoms with Gasteiger partial charge in [0.2, 0.25) is 0 Å². The van der Waals surface area contributed by atoms with Gasteiger partial charge in [0.15, 0.2) is 19.7 Å². The number of nitrogens with zero attached hydrogens (tertiary/aromatic N) is 1. The van der Waals surface area contributed by atoms with E-state index in [0.29, 0.717) is 10.6 Å². The molecular weight excluding hydrogens is 650 g/mol. The summed E-state index contributed by atoms with van der Waals surface area (Å²) in [6.45, 7) is 0. The van der Waals surface area contributed by atoms with Crippen LogP contribution < -0.4 is 0 Å². The van der Waals surface area contributed by atoms with Crippen molar-refractivity contribution in [1.29, 1.82) is 0 Å². The lowest BCUT2D eigenvalue weighted by atomic mass is 10.0. The maximum atomic E-state index is 12.9. The fourth-order valence-electron chi connectivity index (χ4n) is 4.62. The van der Waals surface area contributed by atoms with Gasteiger partial charge >= 0.3 is 0 Å². The van der Waals surface area contributed by atoms with Crippen LogP contribution in [-0.2, 0) is 19.7 Å². The van der Waals surface area contributed by atoms with Crippen LogP contribution in [0.1, 0.15) is 34.5 Å². The van der Waals surface area contributed by atoms with Gasteiger partial charge in [0.1, 0.15) is 10.5 Å². The molecular formula is C34H30ClNO8S2. The Morgan fingerprint density at radius 2 is 1.00 bits per heavy atom. The summed E-state index contributed by atoms with van der Waals surface area (Å²) in [4.78, 5) is 10.4. The normalized spacial score (nSPS) is 13.8. The number of rotatable bonds is 11. The van der Waals surface area contributed by atoms with E-state index in [2.05, 4.69) is 11.8 Å². The third-order valence-corrected chi connectivity index (χ3v) is 11.4. The van der Waals surface area contributed by atoms with Gasteiger partial charge in [-0.05, 0) is 47.5 Å². The van der Waals surface area contributed by atoms with E-state index < -0.39 is 47.3 Å². The largest absolute Gasteiger partial charge is 0.390 e. The second-order valence-corrected chi connectivity index (χ2v) is 14.5. The number of terminal acetylenes is 2. The number of aliphatic hydroxyl groups is 2. The average Bonchev–Trinajstić information content (AvgIpc) is 3.04. The van der Waals surface area contributed by atoms with Crippen LogP contribution >= 0.6 is 11.6 Å². The number of nitro benzene ring substituents is 1. The summed E-state index contributed by atoms with van der Waals surface area (Å²) >= 11 is 5.84. The topological polar surface area (TPSA) is 152 Å². The molecule has 0 bridgehead atoms. The summed E-state index contributed by atoms with van der Waals surface area (Å²) in [6, 6.07) is 27.1. The van der Waals surface area contributed by atoms with Gasteiger partial charge in [-0.1, -0.05) is 72.3 Å². The molecule has 4 aromatic carbocycles. The predicted octanol–water partition coefficient (Wildman–Crippen LogP) is 5.73. The van der Waals surface area contributed by atoms with Crippen LogP contribution in [0.25, 0.3) is 0 Å². The van der Waals surface area contributed by atoms with Gasteiger partial charge in [-0.15, -0.1) is 24.7 Å². The molecule has 0 heterocycles. The summed E-state index contributed by atoms with van der Waals surface area (Å²) in [6.07, 6.45) is 7.68. The first-order valence-electron chi connectivity index (χ1n) is 13.6. The lowest BCUT2D eigenvalue weighted by molar-refractivity contribution is -0.384. The fraction of sp³-hybridized carbons (Fsp3) is 0.176. The maximum absolute atomic E-state index is 12.9. The molecule has 4 atom stereocenters. The summed E-state index contributed by atoms with van der Waals surface area (Å²) in [7, 11) is -7.70. The third kappa shape index (κ3) is 8.82. The first kappa shape index (κ1) is 36.0. The maximum Gasteiger partial charge on any atom is 0.269 e. The Morgan fingerprint density at radius 1 is 0.652 bits per heavy atom. The Bertz CT molecular complexity index is 1900. The average molecular weight is 680 g/mol. The van der Waals surface area contributed by atoms with Gasteiger partial charge in [0.25, 0.3) is 5.69 Å². The zero-order chi connectivity index (χ0) is 33.9. The Kier molecular flexibility index (Phi) is 12.7. The van der Waals surface area contributed by atoms with Crippen LogP contribution in [0.3, 0.4) is 0 Å². The standard InChI is InChI=1S/C17H15ClO3S.C17H15NO5S/c1-2-6-16(19)17(13-9-11-14(18)12-10-13)22(20,21)15-7-4-3-5-8-15;1-2-6-16(19)17(13-9-11-14(12-10-13)18(20)21)24(22,23)15-7-4-3-5-8-15/h1,3-5,7-12,16-17,19H,6H2;1,3-5,7-12,16-17,19H,6H2. The Morgan fingerprint density at radius 3 is 1.33 bits per heavy atom. The molecule has 9 nitrogen and oxygen atoms in total. The van der Waals surface area contributed by atoms with Gasteiger partial charge in [-0.25, -0.2) is 16.8 Å². The molecule has 0 aliphatic heterocycles. The van der Waals surface area contributed by atoms with Crippen molar-refractivity contribution in [3.8, 4) is 24.7 Å². The lowest BCUT2D eigenvalue weighted by Crippen LogP contribution is -2.26. The number of sulfone groups is 2. The molecule has 12 heteroatoms. The van der Waals surface area contributed by atoms with Gasteiger partial charge < -0.3 is 10.2 Å². The van der Waals surface area contributed by atoms with Crippen molar-refractivity contribution in [2.75, 3.05) is 0 Å². The van der Waals surface area contributed by atoms with E-state index in [1.165, 1.54) is 48.5 Å². The molecule has 238 valence electrons. The van der Waals surface area contributed by atoms with Crippen LogP contribution in [0, 0.1) is 34.8 Å². The van der Waals surface area contributed by atoms with Crippen LogP contribution in [0.2, 0.25) is 5.02 Å². The molecule has 0 saturated carbocycles. The molecule has 0 aliphatic carbocycles. The van der Waals surface area contributed by atoms with Crippen molar-refractivity contribution in [3.05, 3.63) is 135 Å². The molecule has 0 radical (unpaired) electrons. The minimum atomic E-state index is -3.92. The zero-order valence-electron chi connectivity index (χ0n) is 24.3. The van der Waals surface area contributed by atoms with E-state index in [1.54, 1.807) is 60.7 Å². The van der Waals surface area contributed by atoms with Gasteiger partial charge in [0, 0.05) is 30.0 Å². The van der Waals surface area contributed by atoms with Crippen molar-refractivity contribution in [2.45, 2.75) is 45.3 Å². The van der Waals surface area contributed by atoms with E-state index in [0.717, 1.165) is 0 Å². The van der Waals surface area contributed by atoms with E-state index in [1.807, 2.05) is 0 Å². The van der Waals surface area contributed by atoms with Crippen LogP contribution in [-0.4, -0.2) is 44.2 Å². The molecule has 4 unspecified atom stereocenters. The van der Waals surface area contributed by atoms with Gasteiger partial charge in [-0.2, -0.15) is 0 Å². The van der Waals surface area contributed by atoms with Gasteiger partial charge in [0.05, 0.1) is 26.9 Å². The number of hydrogen-bond donors (Lipinski definition) is 2. The summed E-state index contributed by atoms with van der Waals surface area (Å²) in [5.41, 5.74) is 0.532. The molecule has 0 fully saturated rings. The molecule has 0 aliphatic rings. The third-order valence-electron chi connectivity index (χ3n) is 6.80. The van der Waals surface area contributed by atoms with E-state index in [4.69, 9.17) is 24.4 Å². The number of hydrogen-bond acceptors (Lipinski definition) is 8. The highest BCUT2D eigenvalue weighted by Crippen LogP contribution is 2.35. The minimum absolute atomic E-state index is 0.0458. The predicted molar refractivity (Wildman–Crippen MR) is 176 cm³/mol. The molecule has 0 saturated heterocycles. The highest BCUT2D eigenvalue weighted by Gasteiger charge is 2.36. The molecule has 46 heavy (non-hydrogen) atoms. The molecule has 0 aromatic heterocycles. The van der Waals surface area contributed by atoms with Crippen molar-refractivity contribution < 1.29 is 32.0 Å². The molecule has 0 spiro atoms. The summed E-state index contributed by atoms with van der Waals surface area (Å²) in [5.74, 6) is 4.56. The van der Waals surface area contributed by atoms with Crippen molar-refractivity contribution in [1.82, 2.24) is 0 Å². The smallest absolute Gasteiger partial charge is 0.269 e. The van der Waals surface area contributed by atoms with Crippen molar-refractivity contribution in [2.24, 2.45) is 0 Å². The Labute approximate surface area is 273 Å². The van der Waals surface area contributed by atoms with E-state index >= 15 is 0 Å². The number of nitro groups is 1. The lowest BCUT2D eigenvalue weighted by Gasteiger charge is -2.22. The second kappa shape index (κ2) is 16.2. The highest BCUT2D eigenvalue weighted by molar-refractivity contribution is 7.92. The van der Waals surface area contributed by atoms with Gasteiger partial charge in [-0.3, -0.25) is 10.1 Å². The second-order valence-electron chi connectivity index (χ2n) is 9.91. The first-order chi connectivity index (χ1) is 21.8. The number of halogens is 1. The number of aliphatic hydroxyl groups excluding tert-OH is 2. The van der Waals surface area contributed by atoms with Crippen LogP contribution in [0.4, 0.5) is 5.69 Å². The number of benzene rings is 4. The fourth-order valence-corrected chi connectivity index (χ4v) is 8.46. The summed E-state index contributed by atoms with van der Waals surface area (Å²) < 4.78 is 51.6. The Balaban J connectivity index is 0.000000251. The molecule has 4 rings (SSSR count). The quantitative estimate of drug-likeness (QED) is 0.116. The van der Waals surface area contributed by atoms with Crippen LogP contribution in [0.15, 0.2) is 119 Å². The first-order valence-corrected chi connectivity index (χ1v) is 17.1.